The number of amides is 1. The number of benzene rings is 1. The molecule has 1 amide bonds. The van der Waals surface area contributed by atoms with Crippen molar-refractivity contribution in [3.63, 3.8) is 0 Å². The first kappa shape index (κ1) is 17.3. The maximum Gasteiger partial charge on any atom is 0.317 e. The van der Waals surface area contributed by atoms with Crippen molar-refractivity contribution >= 4 is 11.9 Å². The molecular weight excluding hydrogens is 310 g/mol. The van der Waals surface area contributed by atoms with E-state index in [0.29, 0.717) is 6.54 Å². The molecule has 1 aliphatic heterocycles. The highest BCUT2D eigenvalue weighted by Crippen LogP contribution is 2.15. The topological polar surface area (TPSA) is 70.1 Å². The van der Waals surface area contributed by atoms with E-state index in [9.17, 15) is 18.4 Å². The fraction of sp³-hybridized carbons (Fsp3) is 0.467. The number of carbonyl (C=O) groups excluding carboxylic acids is 1. The molecule has 2 rings (SSSR count). The molecule has 1 heterocycles. The van der Waals surface area contributed by atoms with Gasteiger partial charge < -0.3 is 14.7 Å². The van der Waals surface area contributed by atoms with Crippen LogP contribution >= 0.6 is 0 Å². The number of carboxylic acid groups (broad SMARTS) is 1. The molecule has 0 bridgehead atoms. The van der Waals surface area contributed by atoms with Crippen LogP contribution in [0.25, 0.3) is 0 Å². The van der Waals surface area contributed by atoms with Crippen molar-refractivity contribution in [3.8, 4) is 0 Å². The third kappa shape index (κ3) is 4.70. The van der Waals surface area contributed by atoms with Crippen molar-refractivity contribution < 1.29 is 28.2 Å². The van der Waals surface area contributed by atoms with Gasteiger partial charge in [-0.3, -0.25) is 14.5 Å². The maximum absolute atomic E-state index is 13.7. The minimum absolute atomic E-state index is 0.146. The third-order valence-corrected chi connectivity index (χ3v) is 3.51. The largest absolute Gasteiger partial charge is 0.480 e. The molecule has 0 aliphatic carbocycles. The molecule has 1 atom stereocenters. The average molecular weight is 328 g/mol. The quantitative estimate of drug-likeness (QED) is 0.867. The van der Waals surface area contributed by atoms with Crippen LogP contribution in [0.3, 0.4) is 0 Å². The molecule has 1 fully saturated rings. The van der Waals surface area contributed by atoms with Gasteiger partial charge in [0.15, 0.2) is 0 Å². The molecule has 6 nitrogen and oxygen atoms in total. The number of aliphatic carboxylic acids is 1. The second-order valence-electron chi connectivity index (χ2n) is 5.46. The highest BCUT2D eigenvalue weighted by Gasteiger charge is 2.27. The number of nitrogens with zero attached hydrogens (tertiary/aromatic N) is 2. The zero-order valence-corrected chi connectivity index (χ0v) is 12.7. The lowest BCUT2D eigenvalue weighted by molar-refractivity contribution is -0.138. The molecule has 1 aromatic rings. The molecule has 0 radical (unpaired) electrons. The van der Waals surface area contributed by atoms with Crippen LogP contribution in [0.2, 0.25) is 0 Å². The zero-order chi connectivity index (χ0) is 17.0. The van der Waals surface area contributed by atoms with Crippen LogP contribution in [-0.2, 0) is 9.53 Å². The summed E-state index contributed by atoms with van der Waals surface area (Å²) in [6.45, 7) is 0.898. The van der Waals surface area contributed by atoms with E-state index in [1.165, 1.54) is 4.90 Å². The van der Waals surface area contributed by atoms with Crippen LogP contribution in [-0.4, -0.2) is 72.7 Å². The molecule has 1 saturated heterocycles. The molecule has 0 aromatic heterocycles. The van der Waals surface area contributed by atoms with Crippen molar-refractivity contribution in [1.29, 1.82) is 0 Å². The summed E-state index contributed by atoms with van der Waals surface area (Å²) in [5.41, 5.74) is -0.315. The highest BCUT2D eigenvalue weighted by molar-refractivity contribution is 5.94. The molecule has 1 unspecified atom stereocenters. The van der Waals surface area contributed by atoms with E-state index < -0.39 is 23.5 Å². The van der Waals surface area contributed by atoms with E-state index in [-0.39, 0.29) is 37.9 Å². The Morgan fingerprint density at radius 1 is 1.43 bits per heavy atom. The number of morpholine rings is 1. The molecule has 0 spiro atoms. The van der Waals surface area contributed by atoms with E-state index in [0.717, 1.165) is 18.2 Å². The first-order chi connectivity index (χ1) is 10.9. The third-order valence-electron chi connectivity index (χ3n) is 3.51. The maximum atomic E-state index is 13.7. The number of carboxylic acids is 1. The fourth-order valence-corrected chi connectivity index (χ4v) is 2.49. The SMILES string of the molecule is CN(CC(=O)O)CC1CN(C(=O)c2cc(F)ccc2F)CCO1. The Morgan fingerprint density at radius 3 is 2.87 bits per heavy atom. The first-order valence-corrected chi connectivity index (χ1v) is 7.13. The van der Waals surface area contributed by atoms with Crippen LogP contribution in [0.15, 0.2) is 18.2 Å². The van der Waals surface area contributed by atoms with Crippen molar-refractivity contribution in [2.45, 2.75) is 6.10 Å². The van der Waals surface area contributed by atoms with Gasteiger partial charge in [-0.25, -0.2) is 8.78 Å². The van der Waals surface area contributed by atoms with Crippen molar-refractivity contribution in [2.75, 3.05) is 39.8 Å². The standard InChI is InChI=1S/C15H18F2N2O4/c1-18(9-14(20)21)7-11-8-19(4-5-23-11)15(22)12-6-10(16)2-3-13(12)17/h2-3,6,11H,4-5,7-9H2,1H3,(H,20,21). The van der Waals surface area contributed by atoms with Gasteiger partial charge in [0, 0.05) is 19.6 Å². The second-order valence-corrected chi connectivity index (χ2v) is 5.46. The predicted molar refractivity (Wildman–Crippen MR) is 77.1 cm³/mol. The number of ether oxygens (including phenoxy) is 1. The van der Waals surface area contributed by atoms with Gasteiger partial charge in [-0.15, -0.1) is 0 Å². The second kappa shape index (κ2) is 7.47. The van der Waals surface area contributed by atoms with Gasteiger partial charge in [0.25, 0.3) is 5.91 Å². The van der Waals surface area contributed by atoms with Crippen LogP contribution in [0, 0.1) is 11.6 Å². The van der Waals surface area contributed by atoms with Crippen LogP contribution in [0.5, 0.6) is 0 Å². The molecular formula is C15H18F2N2O4. The van der Waals surface area contributed by atoms with Gasteiger partial charge >= 0.3 is 5.97 Å². The number of halogens is 2. The molecule has 1 N–H and O–H groups in total. The number of likely N-dealkylation sites (N-methyl/N-ethyl adjacent to an activating group) is 1. The Bertz CT molecular complexity index is 597. The van der Waals surface area contributed by atoms with Gasteiger partial charge in [-0.05, 0) is 25.2 Å². The van der Waals surface area contributed by atoms with Crippen LogP contribution in [0.4, 0.5) is 8.78 Å². The summed E-state index contributed by atoms with van der Waals surface area (Å²) < 4.78 is 32.4. The van der Waals surface area contributed by atoms with Crippen molar-refractivity contribution in [2.24, 2.45) is 0 Å². The van der Waals surface area contributed by atoms with Crippen LogP contribution in [0.1, 0.15) is 10.4 Å². The predicted octanol–water partition coefficient (Wildman–Crippen LogP) is 0.822. The van der Waals surface area contributed by atoms with Gasteiger partial charge in [0.2, 0.25) is 0 Å². The fourth-order valence-electron chi connectivity index (χ4n) is 2.49. The van der Waals surface area contributed by atoms with E-state index >= 15 is 0 Å². The van der Waals surface area contributed by atoms with Crippen molar-refractivity contribution in [3.05, 3.63) is 35.4 Å². The molecule has 126 valence electrons. The van der Waals surface area contributed by atoms with Gasteiger partial charge in [-0.2, -0.15) is 0 Å². The summed E-state index contributed by atoms with van der Waals surface area (Å²) in [4.78, 5) is 25.9. The first-order valence-electron chi connectivity index (χ1n) is 7.13. The number of rotatable bonds is 5. The molecule has 1 aliphatic rings. The van der Waals surface area contributed by atoms with Gasteiger partial charge in [0.05, 0.1) is 24.8 Å². The molecule has 23 heavy (non-hydrogen) atoms. The van der Waals surface area contributed by atoms with E-state index in [4.69, 9.17) is 9.84 Å². The lowest BCUT2D eigenvalue weighted by Crippen LogP contribution is -2.49. The molecule has 1 aromatic carbocycles. The van der Waals surface area contributed by atoms with Crippen LogP contribution < -0.4 is 0 Å². The Morgan fingerprint density at radius 2 is 2.17 bits per heavy atom. The lowest BCUT2D eigenvalue weighted by atomic mass is 10.1. The Labute approximate surface area is 132 Å². The Balaban J connectivity index is 2.01. The number of carbonyl (C=O) groups is 2. The summed E-state index contributed by atoms with van der Waals surface area (Å²) in [7, 11) is 1.63. The van der Waals surface area contributed by atoms with Gasteiger partial charge in [-0.1, -0.05) is 0 Å². The summed E-state index contributed by atoms with van der Waals surface area (Å²) in [5.74, 6) is -3.02. The average Bonchev–Trinajstić information content (AvgIpc) is 2.48. The van der Waals surface area contributed by atoms with E-state index in [1.54, 1.807) is 11.9 Å². The summed E-state index contributed by atoms with van der Waals surface area (Å²) >= 11 is 0. The lowest BCUT2D eigenvalue weighted by Gasteiger charge is -2.34. The summed E-state index contributed by atoms with van der Waals surface area (Å²) in [6.07, 6.45) is -0.381. The smallest absolute Gasteiger partial charge is 0.317 e. The molecule has 8 heteroatoms. The normalized spacial score (nSPS) is 18.3. The highest BCUT2D eigenvalue weighted by atomic mass is 19.1. The minimum Gasteiger partial charge on any atom is -0.480 e. The zero-order valence-electron chi connectivity index (χ0n) is 12.7. The monoisotopic (exact) mass is 328 g/mol. The Hall–Kier alpha value is -2.06. The summed E-state index contributed by atoms with van der Waals surface area (Å²) in [6, 6.07) is 2.74. The summed E-state index contributed by atoms with van der Waals surface area (Å²) in [5, 5.41) is 8.73. The van der Waals surface area contributed by atoms with Crippen molar-refractivity contribution in [1.82, 2.24) is 9.80 Å². The minimum atomic E-state index is -0.960. The number of hydrogen-bond donors (Lipinski definition) is 1. The van der Waals surface area contributed by atoms with Gasteiger partial charge in [0.1, 0.15) is 11.6 Å². The molecule has 0 saturated carbocycles. The van der Waals surface area contributed by atoms with E-state index in [2.05, 4.69) is 0 Å². The Kier molecular flexibility index (Phi) is 5.62. The van der Waals surface area contributed by atoms with E-state index in [1.807, 2.05) is 0 Å². The number of hydrogen-bond acceptors (Lipinski definition) is 4.